The molecule has 2 aliphatic rings. The monoisotopic (exact) mass is 465 g/mol. The maximum absolute atomic E-state index is 12.0. The second kappa shape index (κ2) is 8.48. The lowest BCUT2D eigenvalue weighted by atomic mass is 9.66. The summed E-state index contributed by atoms with van der Waals surface area (Å²) in [6.07, 6.45) is 8.45. The molecule has 1 aliphatic carbocycles. The number of hydrogen-bond donors (Lipinski definition) is 1. The van der Waals surface area contributed by atoms with Crippen LogP contribution in [-0.4, -0.2) is 44.5 Å². The minimum Gasteiger partial charge on any atom is -0.474 e. The number of hydrogen-bond acceptors (Lipinski definition) is 6. The Morgan fingerprint density at radius 1 is 1.45 bits per heavy atom. The van der Waals surface area contributed by atoms with E-state index in [0.29, 0.717) is 11.8 Å². The number of aryl methyl sites for hydroxylation is 1. The summed E-state index contributed by atoms with van der Waals surface area (Å²) in [6.45, 7) is 12.6. The van der Waals surface area contributed by atoms with E-state index < -0.39 is 0 Å². The van der Waals surface area contributed by atoms with Crippen molar-refractivity contribution in [1.82, 2.24) is 19.4 Å². The fraction of sp³-hybridized carbons (Fsp3) is 0.480. The maximum atomic E-state index is 12.0. The molecule has 1 saturated heterocycles. The number of aromatic nitrogens is 3. The van der Waals surface area contributed by atoms with Crippen molar-refractivity contribution in [3.8, 4) is 5.88 Å². The predicted molar refractivity (Wildman–Crippen MR) is 132 cm³/mol. The number of pyridine rings is 1. The van der Waals surface area contributed by atoms with Crippen molar-refractivity contribution >= 4 is 39.1 Å². The van der Waals surface area contributed by atoms with Gasteiger partial charge in [-0.05, 0) is 49.7 Å². The number of nitrogens with zero attached hydrogens (tertiary/aromatic N) is 4. The van der Waals surface area contributed by atoms with Crippen LogP contribution in [0.15, 0.2) is 37.2 Å². The van der Waals surface area contributed by atoms with Crippen LogP contribution in [0.25, 0.3) is 10.9 Å². The van der Waals surface area contributed by atoms with Crippen molar-refractivity contribution in [3.05, 3.63) is 42.1 Å². The summed E-state index contributed by atoms with van der Waals surface area (Å²) in [6, 6.07) is 4.19. The Bertz CT molecular complexity index is 1190. The van der Waals surface area contributed by atoms with Gasteiger partial charge in [0.1, 0.15) is 11.9 Å². The average molecular weight is 466 g/mol. The second-order valence-corrected chi connectivity index (χ2v) is 11.1. The predicted octanol–water partition coefficient (Wildman–Crippen LogP) is 5.15. The van der Waals surface area contributed by atoms with Crippen LogP contribution >= 0.6 is 11.3 Å². The first-order valence-electron chi connectivity index (χ1n) is 11.6. The second-order valence-electron chi connectivity index (χ2n) is 9.87. The first-order chi connectivity index (χ1) is 15.8. The number of carbonyl (C=O) groups is 1. The molecule has 1 saturated carbocycles. The molecule has 7 nitrogen and oxygen atoms in total. The highest BCUT2D eigenvalue weighted by molar-refractivity contribution is 7.15. The molecule has 3 aromatic heterocycles. The van der Waals surface area contributed by atoms with E-state index in [-0.39, 0.29) is 17.4 Å². The van der Waals surface area contributed by atoms with Gasteiger partial charge < -0.3 is 19.5 Å². The van der Waals surface area contributed by atoms with Crippen LogP contribution < -0.4 is 10.1 Å². The number of anilines is 2. The van der Waals surface area contributed by atoms with Crippen LogP contribution in [0.5, 0.6) is 5.88 Å². The molecule has 174 valence electrons. The number of amides is 1. The molecular weight excluding hydrogens is 434 g/mol. The van der Waals surface area contributed by atoms with Gasteiger partial charge in [0.05, 0.1) is 10.9 Å². The summed E-state index contributed by atoms with van der Waals surface area (Å²) >= 11 is 1.61. The van der Waals surface area contributed by atoms with Gasteiger partial charge in [-0.1, -0.05) is 20.4 Å². The summed E-state index contributed by atoms with van der Waals surface area (Å²) in [5.74, 6) is 1.98. The molecule has 0 aromatic carbocycles. The topological polar surface area (TPSA) is 72.3 Å². The maximum Gasteiger partial charge on any atom is 0.245 e. The van der Waals surface area contributed by atoms with Gasteiger partial charge in [0.25, 0.3) is 0 Å². The Morgan fingerprint density at radius 3 is 2.97 bits per heavy atom. The first-order valence-corrected chi connectivity index (χ1v) is 12.4. The Kier molecular flexibility index (Phi) is 5.64. The lowest BCUT2D eigenvalue weighted by Crippen LogP contribution is -2.46. The molecule has 0 atom stereocenters. The van der Waals surface area contributed by atoms with Crippen LogP contribution in [0, 0.1) is 18.3 Å². The highest BCUT2D eigenvalue weighted by Gasteiger charge is 2.50. The number of likely N-dealkylation sites (tertiary alicyclic amines) is 1. The van der Waals surface area contributed by atoms with E-state index in [9.17, 15) is 4.79 Å². The zero-order chi connectivity index (χ0) is 23.2. The van der Waals surface area contributed by atoms with E-state index in [2.05, 4.69) is 53.6 Å². The Balaban J connectivity index is 1.37. The van der Waals surface area contributed by atoms with Gasteiger partial charge in [0.15, 0.2) is 5.13 Å². The van der Waals surface area contributed by atoms with Crippen LogP contribution in [0.4, 0.5) is 10.9 Å². The molecular formula is C25H31N5O2S. The van der Waals surface area contributed by atoms with Gasteiger partial charge in [-0.15, -0.1) is 11.3 Å². The van der Waals surface area contributed by atoms with Gasteiger partial charge >= 0.3 is 0 Å². The summed E-state index contributed by atoms with van der Waals surface area (Å²) in [7, 11) is 0. The molecule has 2 fully saturated rings. The van der Waals surface area contributed by atoms with Gasteiger partial charge in [-0.25, -0.2) is 4.98 Å². The first kappa shape index (κ1) is 21.9. The van der Waals surface area contributed by atoms with Crippen molar-refractivity contribution in [3.63, 3.8) is 0 Å². The number of nitrogens with one attached hydrogen (secondary N) is 1. The smallest absolute Gasteiger partial charge is 0.245 e. The molecule has 1 amide bonds. The molecule has 33 heavy (non-hydrogen) atoms. The standard InChI is InChI=1S/C25H31N5O2S/c1-5-22(31)30-9-7-25(15-30)11-18(12-25)32-23-19-6-8-29(14-16(2)3)20(19)10-21(27-23)28-24-26-13-17(4)33-24/h5-6,8,10,13,16,18H,1,7,9,11-12,14-15H2,2-4H3,(H,26,27,28). The van der Waals surface area contributed by atoms with E-state index in [1.165, 1.54) is 6.08 Å². The summed E-state index contributed by atoms with van der Waals surface area (Å²) < 4.78 is 8.74. The fourth-order valence-corrected chi connectivity index (χ4v) is 5.79. The summed E-state index contributed by atoms with van der Waals surface area (Å²) in [5.41, 5.74) is 1.29. The largest absolute Gasteiger partial charge is 0.474 e. The lowest BCUT2D eigenvalue weighted by molar-refractivity contribution is -0.126. The third-order valence-corrected chi connectivity index (χ3v) is 7.50. The molecule has 0 bridgehead atoms. The third kappa shape index (κ3) is 4.36. The molecule has 1 spiro atoms. The van der Waals surface area contributed by atoms with Gasteiger partial charge in [0.2, 0.25) is 11.8 Å². The lowest BCUT2D eigenvalue weighted by Gasteiger charge is -2.44. The van der Waals surface area contributed by atoms with Crippen LogP contribution in [0.3, 0.4) is 0 Å². The van der Waals surface area contributed by atoms with Crippen molar-refractivity contribution in [2.75, 3.05) is 18.4 Å². The number of fused-ring (bicyclic) bond motifs is 1. The summed E-state index contributed by atoms with van der Waals surface area (Å²) in [5, 5.41) is 5.22. The molecule has 8 heteroatoms. The third-order valence-electron chi connectivity index (χ3n) is 6.67. The fourth-order valence-electron chi connectivity index (χ4n) is 5.12. The number of thiazole rings is 1. The van der Waals surface area contributed by atoms with Crippen LogP contribution in [0.1, 0.15) is 38.0 Å². The van der Waals surface area contributed by atoms with Crippen molar-refractivity contribution in [2.45, 2.75) is 52.7 Å². The number of ether oxygens (including phenoxy) is 1. The van der Waals surface area contributed by atoms with Crippen LogP contribution in [0.2, 0.25) is 0 Å². The van der Waals surface area contributed by atoms with Gasteiger partial charge in [-0.2, -0.15) is 4.98 Å². The van der Waals surface area contributed by atoms with Crippen molar-refractivity contribution < 1.29 is 9.53 Å². The van der Waals surface area contributed by atoms with Crippen molar-refractivity contribution in [1.29, 1.82) is 0 Å². The SMILES string of the molecule is C=CC(=O)N1CCC2(CC(Oc3nc(Nc4ncc(C)s4)cc4c3ccn4CC(C)C)C2)C1. The highest BCUT2D eigenvalue weighted by Crippen LogP contribution is 2.50. The zero-order valence-corrected chi connectivity index (χ0v) is 20.3. The molecule has 5 rings (SSSR count). The van der Waals surface area contributed by atoms with E-state index in [1.54, 1.807) is 11.3 Å². The van der Waals surface area contributed by atoms with E-state index >= 15 is 0 Å². The molecule has 0 unspecified atom stereocenters. The highest BCUT2D eigenvalue weighted by atomic mass is 32.1. The zero-order valence-electron chi connectivity index (χ0n) is 19.5. The van der Waals surface area contributed by atoms with Gasteiger partial charge in [-0.3, -0.25) is 4.79 Å². The minimum absolute atomic E-state index is 0.0299. The van der Waals surface area contributed by atoms with E-state index in [0.717, 1.165) is 65.6 Å². The number of carbonyl (C=O) groups excluding carboxylic acids is 1. The molecule has 1 aliphatic heterocycles. The quantitative estimate of drug-likeness (QED) is 0.489. The summed E-state index contributed by atoms with van der Waals surface area (Å²) in [4.78, 5) is 24.3. The van der Waals surface area contributed by atoms with Gasteiger partial charge in [0, 0.05) is 43.0 Å². The minimum atomic E-state index is 0.0299. The number of rotatable bonds is 7. The molecule has 1 N–H and O–H groups in total. The molecule has 4 heterocycles. The van der Waals surface area contributed by atoms with Crippen LogP contribution in [-0.2, 0) is 11.3 Å². The molecule has 3 aromatic rings. The normalized spacial score (nSPS) is 22.2. The average Bonchev–Trinajstić information content (AvgIpc) is 3.46. The van der Waals surface area contributed by atoms with E-state index in [1.807, 2.05) is 18.0 Å². The van der Waals surface area contributed by atoms with Crippen molar-refractivity contribution in [2.24, 2.45) is 11.3 Å². The Labute approximate surface area is 198 Å². The molecule has 0 radical (unpaired) electrons. The van der Waals surface area contributed by atoms with E-state index in [4.69, 9.17) is 9.72 Å². The Hall–Kier alpha value is -2.87. The Morgan fingerprint density at radius 2 is 2.27 bits per heavy atom.